The third-order valence-electron chi connectivity index (χ3n) is 6.29. The zero-order valence-corrected chi connectivity index (χ0v) is 20.3. The molecule has 0 saturated heterocycles. The van der Waals surface area contributed by atoms with Gasteiger partial charge in [-0.2, -0.15) is 5.10 Å². The molecule has 2 atom stereocenters. The van der Waals surface area contributed by atoms with Crippen LogP contribution in [0.5, 0.6) is 17.2 Å². The maximum absolute atomic E-state index is 6.45. The maximum Gasteiger partial charge on any atom is 0.214 e. The Hall–Kier alpha value is -3.12. The number of rotatable bonds is 9. The fourth-order valence-corrected chi connectivity index (χ4v) is 4.72. The Labute approximate surface area is 205 Å². The Kier molecular flexibility index (Phi) is 6.68. The van der Waals surface area contributed by atoms with Gasteiger partial charge in [-0.1, -0.05) is 37.8 Å². The molecule has 1 aromatic heterocycles. The summed E-state index contributed by atoms with van der Waals surface area (Å²) in [6.45, 7) is 2.88. The summed E-state index contributed by atoms with van der Waals surface area (Å²) in [7, 11) is 1.66. The summed E-state index contributed by atoms with van der Waals surface area (Å²) < 4.78 is 23.7. The fourth-order valence-electron chi connectivity index (χ4n) is 4.54. The molecule has 34 heavy (non-hydrogen) atoms. The average molecular weight is 481 g/mol. The standard InChI is InChI=1S/C27H29ClN2O4/c1-3-4-5-6-13-33-25-11-9-18(15-26(25)31-2)27-30-22(17-21(29-30)24-8-7-14-32-24)20-16-19(28)10-12-23(20)34-27/h7-12,14-16,22,27H,3-6,13,17H2,1-2H3. The van der Waals surface area contributed by atoms with E-state index in [0.29, 0.717) is 23.8 Å². The van der Waals surface area contributed by atoms with Gasteiger partial charge in [0.15, 0.2) is 11.5 Å². The smallest absolute Gasteiger partial charge is 0.214 e. The highest BCUT2D eigenvalue weighted by Crippen LogP contribution is 2.49. The van der Waals surface area contributed by atoms with E-state index in [-0.39, 0.29) is 6.04 Å². The van der Waals surface area contributed by atoms with Crippen molar-refractivity contribution in [2.75, 3.05) is 13.7 Å². The van der Waals surface area contributed by atoms with Gasteiger partial charge in [0.25, 0.3) is 0 Å². The number of furan rings is 1. The van der Waals surface area contributed by atoms with Crippen LogP contribution >= 0.6 is 11.6 Å². The number of hydrogen-bond donors (Lipinski definition) is 0. The first-order valence-electron chi connectivity index (χ1n) is 11.8. The molecule has 0 radical (unpaired) electrons. The zero-order valence-electron chi connectivity index (χ0n) is 19.5. The van der Waals surface area contributed by atoms with Crippen molar-refractivity contribution in [3.8, 4) is 17.2 Å². The quantitative estimate of drug-likeness (QED) is 0.304. The lowest BCUT2D eigenvalue weighted by Gasteiger charge is -2.38. The van der Waals surface area contributed by atoms with Crippen LogP contribution in [0, 0.1) is 0 Å². The topological polar surface area (TPSA) is 56.4 Å². The van der Waals surface area contributed by atoms with Gasteiger partial charge in [0.1, 0.15) is 17.2 Å². The Morgan fingerprint density at radius 2 is 2.00 bits per heavy atom. The minimum Gasteiger partial charge on any atom is -0.493 e. The van der Waals surface area contributed by atoms with E-state index >= 15 is 0 Å². The van der Waals surface area contributed by atoms with Crippen molar-refractivity contribution in [1.82, 2.24) is 5.01 Å². The molecule has 0 aliphatic carbocycles. The molecule has 5 rings (SSSR count). The van der Waals surface area contributed by atoms with Gasteiger partial charge in [-0.05, 0) is 55.0 Å². The molecule has 178 valence electrons. The largest absolute Gasteiger partial charge is 0.493 e. The summed E-state index contributed by atoms with van der Waals surface area (Å²) in [5, 5.41) is 7.58. The Bertz CT molecular complexity index is 1160. The average Bonchev–Trinajstić information content (AvgIpc) is 3.54. The van der Waals surface area contributed by atoms with Crippen LogP contribution in [0.2, 0.25) is 5.02 Å². The molecular formula is C27H29ClN2O4. The highest BCUT2D eigenvalue weighted by molar-refractivity contribution is 6.30. The predicted molar refractivity (Wildman–Crippen MR) is 132 cm³/mol. The second-order valence-electron chi connectivity index (χ2n) is 8.60. The van der Waals surface area contributed by atoms with Crippen molar-refractivity contribution in [2.45, 2.75) is 51.3 Å². The van der Waals surface area contributed by atoms with Crippen LogP contribution < -0.4 is 14.2 Å². The van der Waals surface area contributed by atoms with Crippen molar-refractivity contribution in [3.63, 3.8) is 0 Å². The summed E-state index contributed by atoms with van der Waals surface area (Å²) in [4.78, 5) is 0. The Balaban J connectivity index is 1.44. The van der Waals surface area contributed by atoms with E-state index in [2.05, 4.69) is 6.92 Å². The normalized spacial score (nSPS) is 18.7. The molecule has 2 aliphatic heterocycles. The highest BCUT2D eigenvalue weighted by Gasteiger charge is 2.41. The van der Waals surface area contributed by atoms with Crippen molar-refractivity contribution >= 4 is 17.3 Å². The van der Waals surface area contributed by atoms with Crippen molar-refractivity contribution in [2.24, 2.45) is 5.10 Å². The van der Waals surface area contributed by atoms with Crippen molar-refractivity contribution in [1.29, 1.82) is 0 Å². The molecule has 7 heteroatoms. The minimum absolute atomic E-state index is 0.00645. The van der Waals surface area contributed by atoms with Gasteiger partial charge < -0.3 is 18.6 Å². The summed E-state index contributed by atoms with van der Waals surface area (Å²) in [5.41, 5.74) is 2.84. The predicted octanol–water partition coefficient (Wildman–Crippen LogP) is 7.14. The monoisotopic (exact) mass is 480 g/mol. The Morgan fingerprint density at radius 1 is 1.09 bits per heavy atom. The first-order valence-corrected chi connectivity index (χ1v) is 12.2. The number of fused-ring (bicyclic) bond motifs is 3. The minimum atomic E-state index is -0.418. The van der Waals surface area contributed by atoms with Gasteiger partial charge in [0, 0.05) is 22.6 Å². The van der Waals surface area contributed by atoms with Crippen LogP contribution in [0.3, 0.4) is 0 Å². The van der Waals surface area contributed by atoms with Gasteiger partial charge >= 0.3 is 0 Å². The summed E-state index contributed by atoms with van der Waals surface area (Å²) in [6, 6.07) is 15.5. The highest BCUT2D eigenvalue weighted by atomic mass is 35.5. The number of unbranched alkanes of at least 4 members (excludes halogenated alkanes) is 3. The van der Waals surface area contributed by atoms with E-state index in [1.165, 1.54) is 19.3 Å². The number of benzene rings is 2. The van der Waals surface area contributed by atoms with Crippen LogP contribution in [-0.4, -0.2) is 24.4 Å². The molecular weight excluding hydrogens is 452 g/mol. The van der Waals surface area contributed by atoms with Crippen molar-refractivity contribution < 1.29 is 18.6 Å². The molecule has 0 N–H and O–H groups in total. The molecule has 2 aromatic carbocycles. The second kappa shape index (κ2) is 10.0. The third-order valence-corrected chi connectivity index (χ3v) is 6.52. The lowest BCUT2D eigenvalue weighted by molar-refractivity contribution is -0.0191. The zero-order chi connectivity index (χ0) is 23.5. The third kappa shape index (κ3) is 4.47. The molecule has 2 unspecified atom stereocenters. The number of nitrogens with zero attached hydrogens (tertiary/aromatic N) is 2. The molecule has 0 spiro atoms. The van der Waals surface area contributed by atoms with Crippen LogP contribution in [0.1, 0.15) is 68.2 Å². The number of ether oxygens (including phenoxy) is 3. The SMILES string of the molecule is CCCCCCOc1ccc(C2Oc3ccc(Cl)cc3C3CC(c4ccco4)=NN32)cc1OC. The summed E-state index contributed by atoms with van der Waals surface area (Å²) in [6.07, 6.45) is 6.58. The van der Waals surface area contributed by atoms with E-state index in [9.17, 15) is 0 Å². The number of hydrogen-bond acceptors (Lipinski definition) is 6. The maximum atomic E-state index is 6.45. The van der Waals surface area contributed by atoms with Gasteiger partial charge in [-0.15, -0.1) is 0 Å². The Morgan fingerprint density at radius 3 is 2.79 bits per heavy atom. The second-order valence-corrected chi connectivity index (χ2v) is 9.03. The molecule has 3 heterocycles. The van der Waals surface area contributed by atoms with Gasteiger partial charge in [0.2, 0.25) is 6.23 Å². The van der Waals surface area contributed by atoms with E-state index in [1.807, 2.05) is 53.5 Å². The van der Waals surface area contributed by atoms with E-state index in [0.717, 1.165) is 40.5 Å². The van der Waals surface area contributed by atoms with E-state index in [1.54, 1.807) is 13.4 Å². The van der Waals surface area contributed by atoms with Gasteiger partial charge in [0.05, 0.1) is 26.0 Å². The first-order chi connectivity index (χ1) is 16.7. The summed E-state index contributed by atoms with van der Waals surface area (Å²) >= 11 is 6.32. The van der Waals surface area contributed by atoms with E-state index in [4.69, 9.17) is 35.3 Å². The van der Waals surface area contributed by atoms with Crippen LogP contribution in [0.15, 0.2) is 64.3 Å². The lowest BCUT2D eigenvalue weighted by Crippen LogP contribution is -2.33. The van der Waals surface area contributed by atoms with Crippen LogP contribution in [-0.2, 0) is 0 Å². The number of methoxy groups -OCH3 is 1. The molecule has 0 amide bonds. The fraction of sp³-hybridized carbons (Fsp3) is 0.370. The van der Waals surface area contributed by atoms with Gasteiger partial charge in [-0.3, -0.25) is 0 Å². The van der Waals surface area contributed by atoms with E-state index < -0.39 is 6.23 Å². The lowest BCUT2D eigenvalue weighted by atomic mass is 9.97. The van der Waals surface area contributed by atoms with Crippen LogP contribution in [0.25, 0.3) is 0 Å². The molecule has 2 aliphatic rings. The number of hydrazone groups is 1. The molecule has 0 fully saturated rings. The summed E-state index contributed by atoms with van der Waals surface area (Å²) in [5.74, 6) is 3.00. The molecule has 6 nitrogen and oxygen atoms in total. The number of halogens is 1. The van der Waals surface area contributed by atoms with Crippen molar-refractivity contribution in [3.05, 3.63) is 76.7 Å². The molecule has 0 saturated carbocycles. The van der Waals surface area contributed by atoms with Crippen LogP contribution in [0.4, 0.5) is 0 Å². The first kappa shape index (κ1) is 22.7. The molecule has 3 aromatic rings. The molecule has 0 bridgehead atoms. The van der Waals surface area contributed by atoms with Gasteiger partial charge in [-0.25, -0.2) is 5.01 Å².